The van der Waals surface area contributed by atoms with E-state index in [0.717, 1.165) is 12.4 Å². The lowest BCUT2D eigenvalue weighted by molar-refractivity contribution is 0.336. The minimum Gasteiger partial charge on any atom is -0.494 e. The molecular weight excluding hydrogens is 196 g/mol. The minimum absolute atomic E-state index is 0.163. The summed E-state index contributed by atoms with van der Waals surface area (Å²) in [6.07, 6.45) is 4.46. The van der Waals surface area contributed by atoms with Gasteiger partial charge in [-0.2, -0.15) is 0 Å². The second kappa shape index (κ2) is 4.73. The monoisotopic (exact) mass is 215 g/mol. The smallest absolute Gasteiger partial charge is 0.123 e. The van der Waals surface area contributed by atoms with Gasteiger partial charge < -0.3 is 4.74 Å². The molecule has 1 heteroatoms. The molecule has 0 amide bonds. The number of rotatable bonds is 5. The van der Waals surface area contributed by atoms with E-state index in [-0.39, 0.29) is 5.92 Å². The van der Waals surface area contributed by atoms with Crippen LogP contribution in [0.4, 0.5) is 0 Å². The molecule has 2 rings (SSSR count). The van der Waals surface area contributed by atoms with Crippen molar-refractivity contribution in [3.05, 3.63) is 48.9 Å². The minimum atomic E-state index is 0.163. The Bertz CT molecular complexity index is 377. The van der Waals surface area contributed by atoms with E-state index in [2.05, 4.69) is 25.6 Å². The van der Waals surface area contributed by atoms with Gasteiger partial charge in [-0.15, -0.1) is 6.58 Å². The summed E-state index contributed by atoms with van der Waals surface area (Å²) in [4.78, 5) is 0. The van der Waals surface area contributed by atoms with Crippen molar-refractivity contribution in [1.29, 1.82) is 0 Å². The lowest BCUT2D eigenvalue weighted by Gasteiger charge is -2.17. The van der Waals surface area contributed by atoms with E-state index in [4.69, 9.17) is 4.74 Å². The van der Waals surface area contributed by atoms with Gasteiger partial charge in [0.15, 0.2) is 0 Å². The first kappa shape index (κ1) is 11.3. The van der Waals surface area contributed by atoms with Crippen molar-refractivity contribution in [2.45, 2.75) is 31.6 Å². The van der Waals surface area contributed by atoms with Crippen LogP contribution in [0.3, 0.4) is 0 Å². The Kier molecular flexibility index (Phi) is 3.33. The Morgan fingerprint density at radius 3 is 2.81 bits per heavy atom. The van der Waals surface area contributed by atoms with Gasteiger partial charge in [-0.25, -0.2) is 0 Å². The van der Waals surface area contributed by atoms with Crippen molar-refractivity contribution in [2.75, 3.05) is 6.61 Å². The largest absolute Gasteiger partial charge is 0.494 e. The summed E-state index contributed by atoms with van der Waals surface area (Å²) in [6.45, 7) is 10.7. The molecule has 0 aromatic heterocycles. The lowest BCUT2D eigenvalue weighted by atomic mass is 9.92. The molecule has 16 heavy (non-hydrogen) atoms. The molecule has 0 saturated heterocycles. The van der Waals surface area contributed by atoms with Crippen LogP contribution in [0.2, 0.25) is 0 Å². The Hall–Kier alpha value is -1.24. The van der Waals surface area contributed by atoms with E-state index in [9.17, 15) is 0 Å². The molecule has 1 aliphatic rings. The molecule has 1 saturated carbocycles. The van der Waals surface area contributed by atoms with Gasteiger partial charge in [0.05, 0.1) is 6.61 Å². The summed E-state index contributed by atoms with van der Waals surface area (Å²) in [6, 6.07) is 6.26. The molecule has 1 nitrogen and oxygen atoms in total. The molecule has 0 spiro atoms. The van der Waals surface area contributed by atoms with Crippen molar-refractivity contribution in [2.24, 2.45) is 0 Å². The van der Waals surface area contributed by atoms with Crippen LogP contribution >= 0.6 is 0 Å². The van der Waals surface area contributed by atoms with Gasteiger partial charge in [0.25, 0.3) is 0 Å². The van der Waals surface area contributed by atoms with Crippen LogP contribution in [-0.4, -0.2) is 6.61 Å². The predicted molar refractivity (Wildman–Crippen MR) is 67.9 cm³/mol. The average Bonchev–Trinajstić information content (AvgIpc) is 3.12. The molecule has 1 unspecified atom stereocenters. The fraction of sp³-hybridized carbons (Fsp3) is 0.400. The third-order valence-corrected chi connectivity index (χ3v) is 3.07. The zero-order chi connectivity index (χ0) is 11.5. The first-order chi connectivity index (χ1) is 7.77. The van der Waals surface area contributed by atoms with Gasteiger partial charge in [-0.1, -0.05) is 18.2 Å². The fourth-order valence-electron chi connectivity index (χ4n) is 2.10. The molecule has 85 valence electrons. The standard InChI is InChI=1S/C15H19O/c1-4-11(3)13-7-6-8-14(16-5-2)15(13)12-9-10-12/h4,6-8,11-12H,1,3,5,9-10H2,2H3. The topological polar surface area (TPSA) is 9.23 Å². The second-order valence-electron chi connectivity index (χ2n) is 4.31. The second-order valence-corrected chi connectivity index (χ2v) is 4.31. The quantitative estimate of drug-likeness (QED) is 0.673. The average molecular weight is 215 g/mol. The summed E-state index contributed by atoms with van der Waals surface area (Å²) < 4.78 is 5.71. The van der Waals surface area contributed by atoms with Crippen LogP contribution in [0, 0.1) is 6.92 Å². The fourth-order valence-corrected chi connectivity index (χ4v) is 2.10. The molecule has 1 aliphatic carbocycles. The maximum Gasteiger partial charge on any atom is 0.123 e. The highest BCUT2D eigenvalue weighted by atomic mass is 16.5. The van der Waals surface area contributed by atoms with Crippen molar-refractivity contribution in [3.8, 4) is 5.75 Å². The van der Waals surface area contributed by atoms with E-state index in [1.807, 2.05) is 19.1 Å². The number of allylic oxidation sites excluding steroid dienone is 1. The SMILES string of the molecule is [CH2]C(C=C)c1cccc(OCC)c1C1CC1. The van der Waals surface area contributed by atoms with Crippen LogP contribution in [0.15, 0.2) is 30.9 Å². The first-order valence-corrected chi connectivity index (χ1v) is 5.99. The Morgan fingerprint density at radius 1 is 1.50 bits per heavy atom. The van der Waals surface area contributed by atoms with E-state index in [1.54, 1.807) is 0 Å². The van der Waals surface area contributed by atoms with Gasteiger partial charge in [0.2, 0.25) is 0 Å². The highest BCUT2D eigenvalue weighted by Crippen LogP contribution is 2.47. The molecule has 0 bridgehead atoms. The van der Waals surface area contributed by atoms with Gasteiger partial charge in [-0.05, 0) is 44.2 Å². The lowest BCUT2D eigenvalue weighted by Crippen LogP contribution is -2.01. The molecule has 1 aromatic carbocycles. The summed E-state index contributed by atoms with van der Waals surface area (Å²) in [5.41, 5.74) is 2.65. The van der Waals surface area contributed by atoms with E-state index in [1.165, 1.54) is 24.0 Å². The van der Waals surface area contributed by atoms with E-state index in [0.29, 0.717) is 5.92 Å². The molecular formula is C15H19O. The Labute approximate surface area is 98.1 Å². The van der Waals surface area contributed by atoms with Crippen LogP contribution < -0.4 is 4.74 Å². The van der Waals surface area contributed by atoms with E-state index < -0.39 is 0 Å². The summed E-state index contributed by atoms with van der Waals surface area (Å²) in [5, 5.41) is 0. The van der Waals surface area contributed by atoms with Gasteiger partial charge >= 0.3 is 0 Å². The number of ether oxygens (including phenoxy) is 1. The molecule has 0 aliphatic heterocycles. The maximum atomic E-state index is 5.71. The summed E-state index contributed by atoms with van der Waals surface area (Å²) in [7, 11) is 0. The maximum absolute atomic E-state index is 5.71. The van der Waals surface area contributed by atoms with Crippen LogP contribution in [0.1, 0.15) is 42.7 Å². The van der Waals surface area contributed by atoms with Gasteiger partial charge in [-0.3, -0.25) is 0 Å². The third-order valence-electron chi connectivity index (χ3n) is 3.07. The molecule has 1 radical (unpaired) electrons. The van der Waals surface area contributed by atoms with Crippen molar-refractivity contribution in [3.63, 3.8) is 0 Å². The Balaban J connectivity index is 2.42. The molecule has 1 aromatic rings. The molecule has 1 fully saturated rings. The molecule has 0 N–H and O–H groups in total. The van der Waals surface area contributed by atoms with Crippen molar-refractivity contribution < 1.29 is 4.74 Å². The summed E-state index contributed by atoms with van der Waals surface area (Å²) >= 11 is 0. The zero-order valence-corrected chi connectivity index (χ0v) is 9.91. The molecule has 1 atom stereocenters. The zero-order valence-electron chi connectivity index (χ0n) is 9.91. The van der Waals surface area contributed by atoms with Gasteiger partial charge in [0.1, 0.15) is 5.75 Å². The Morgan fingerprint density at radius 2 is 2.25 bits per heavy atom. The van der Waals surface area contributed by atoms with Crippen molar-refractivity contribution in [1.82, 2.24) is 0 Å². The van der Waals surface area contributed by atoms with Crippen LogP contribution in [0.5, 0.6) is 5.75 Å². The number of benzene rings is 1. The van der Waals surface area contributed by atoms with Crippen molar-refractivity contribution >= 4 is 0 Å². The third kappa shape index (κ3) is 2.13. The molecule has 0 heterocycles. The van der Waals surface area contributed by atoms with Crippen LogP contribution in [-0.2, 0) is 0 Å². The first-order valence-electron chi connectivity index (χ1n) is 5.99. The van der Waals surface area contributed by atoms with E-state index >= 15 is 0 Å². The normalized spacial score (nSPS) is 16.9. The number of hydrogen-bond donors (Lipinski definition) is 0. The van der Waals surface area contributed by atoms with Gasteiger partial charge in [0, 0.05) is 11.5 Å². The summed E-state index contributed by atoms with van der Waals surface area (Å²) in [5.74, 6) is 1.89. The highest BCUT2D eigenvalue weighted by Gasteiger charge is 2.30. The number of hydrogen-bond acceptors (Lipinski definition) is 1. The predicted octanol–water partition coefficient (Wildman–Crippen LogP) is 4.07. The highest BCUT2D eigenvalue weighted by molar-refractivity contribution is 5.47. The van der Waals surface area contributed by atoms with Crippen LogP contribution in [0.25, 0.3) is 0 Å².